The Hall–Kier alpha value is -2.16. The third kappa shape index (κ3) is 3.92. The van der Waals surface area contributed by atoms with Gasteiger partial charge in [-0.2, -0.15) is 0 Å². The standard InChI is InChI=1S/C17H20N2O/c1-13-6-9-19(10-7-13)11-8-17(20)18-16-12-14(2)4-5-15(16)3/h4-7,9-10,12H,8,11H2,1-3H3/p+1. The van der Waals surface area contributed by atoms with Crippen molar-refractivity contribution in [1.82, 2.24) is 0 Å². The number of pyridine rings is 1. The highest BCUT2D eigenvalue weighted by Crippen LogP contribution is 2.16. The number of hydrogen-bond acceptors (Lipinski definition) is 1. The average Bonchev–Trinajstić information content (AvgIpc) is 2.42. The van der Waals surface area contributed by atoms with E-state index in [-0.39, 0.29) is 5.91 Å². The Kier molecular flexibility index (Phi) is 4.51. The van der Waals surface area contributed by atoms with Crippen LogP contribution in [0.1, 0.15) is 23.1 Å². The number of nitrogens with zero attached hydrogens (tertiary/aromatic N) is 1. The normalized spacial score (nSPS) is 10.3. The van der Waals surface area contributed by atoms with Crippen LogP contribution >= 0.6 is 0 Å². The molecular formula is C17H21N2O+. The van der Waals surface area contributed by atoms with Crippen molar-refractivity contribution in [2.24, 2.45) is 0 Å². The van der Waals surface area contributed by atoms with Crippen molar-refractivity contribution in [2.45, 2.75) is 33.7 Å². The number of anilines is 1. The minimum atomic E-state index is 0.0479. The molecule has 0 spiro atoms. The maximum absolute atomic E-state index is 12.0. The summed E-state index contributed by atoms with van der Waals surface area (Å²) < 4.78 is 2.02. The van der Waals surface area contributed by atoms with E-state index < -0.39 is 0 Å². The summed E-state index contributed by atoms with van der Waals surface area (Å²) in [6.45, 7) is 6.77. The van der Waals surface area contributed by atoms with Gasteiger partial charge in [0.05, 0.1) is 6.42 Å². The number of carbonyl (C=O) groups excluding carboxylic acids is 1. The maximum Gasteiger partial charge on any atom is 0.230 e. The molecule has 0 unspecified atom stereocenters. The second-order valence-electron chi connectivity index (χ2n) is 5.23. The third-order valence-corrected chi connectivity index (χ3v) is 3.32. The minimum Gasteiger partial charge on any atom is -0.326 e. The van der Waals surface area contributed by atoms with Gasteiger partial charge in [-0.1, -0.05) is 12.1 Å². The van der Waals surface area contributed by atoms with Gasteiger partial charge in [-0.25, -0.2) is 4.57 Å². The van der Waals surface area contributed by atoms with Gasteiger partial charge in [0, 0.05) is 17.8 Å². The van der Waals surface area contributed by atoms with Crippen molar-refractivity contribution >= 4 is 11.6 Å². The lowest BCUT2D eigenvalue weighted by Gasteiger charge is -2.08. The molecule has 2 aromatic rings. The molecule has 0 atom stereocenters. The van der Waals surface area contributed by atoms with Gasteiger partial charge in [0.15, 0.2) is 18.9 Å². The first-order valence-corrected chi connectivity index (χ1v) is 6.87. The molecule has 0 saturated heterocycles. The molecule has 1 heterocycles. The zero-order valence-corrected chi connectivity index (χ0v) is 12.3. The van der Waals surface area contributed by atoms with Gasteiger partial charge in [-0.05, 0) is 43.5 Å². The second-order valence-corrected chi connectivity index (χ2v) is 5.23. The van der Waals surface area contributed by atoms with Crippen LogP contribution in [-0.4, -0.2) is 5.91 Å². The predicted molar refractivity (Wildman–Crippen MR) is 80.5 cm³/mol. The van der Waals surface area contributed by atoms with Crippen LogP contribution in [0.15, 0.2) is 42.7 Å². The molecule has 0 bridgehead atoms. The van der Waals surface area contributed by atoms with E-state index in [1.54, 1.807) is 0 Å². The fourth-order valence-electron chi connectivity index (χ4n) is 1.99. The van der Waals surface area contributed by atoms with E-state index in [1.165, 1.54) is 5.56 Å². The number of hydrogen-bond donors (Lipinski definition) is 1. The summed E-state index contributed by atoms with van der Waals surface area (Å²) in [5.74, 6) is 0.0479. The van der Waals surface area contributed by atoms with E-state index in [2.05, 4.69) is 12.2 Å². The third-order valence-electron chi connectivity index (χ3n) is 3.32. The lowest BCUT2D eigenvalue weighted by molar-refractivity contribution is -0.695. The van der Waals surface area contributed by atoms with Gasteiger partial charge in [0.1, 0.15) is 0 Å². The molecule has 0 saturated carbocycles. The molecule has 0 aliphatic rings. The highest BCUT2D eigenvalue weighted by Gasteiger charge is 2.08. The van der Waals surface area contributed by atoms with Crippen molar-refractivity contribution in [3.05, 3.63) is 59.4 Å². The van der Waals surface area contributed by atoms with Crippen molar-refractivity contribution < 1.29 is 9.36 Å². The molecule has 1 aromatic carbocycles. The smallest absolute Gasteiger partial charge is 0.230 e. The van der Waals surface area contributed by atoms with Crippen LogP contribution in [0.2, 0.25) is 0 Å². The van der Waals surface area contributed by atoms with Crippen molar-refractivity contribution in [1.29, 1.82) is 0 Å². The van der Waals surface area contributed by atoms with Crippen LogP contribution in [0.3, 0.4) is 0 Å². The van der Waals surface area contributed by atoms with E-state index in [4.69, 9.17) is 0 Å². The summed E-state index contributed by atoms with van der Waals surface area (Å²) in [6.07, 6.45) is 4.47. The Morgan fingerprint density at radius 3 is 2.45 bits per heavy atom. The summed E-state index contributed by atoms with van der Waals surface area (Å²) in [7, 11) is 0. The lowest BCUT2D eigenvalue weighted by Crippen LogP contribution is -2.34. The summed E-state index contributed by atoms with van der Waals surface area (Å²) in [4.78, 5) is 12.0. The molecule has 1 aromatic heterocycles. The first-order valence-electron chi connectivity index (χ1n) is 6.87. The maximum atomic E-state index is 12.0. The van der Waals surface area contributed by atoms with E-state index in [0.29, 0.717) is 13.0 Å². The number of benzene rings is 1. The highest BCUT2D eigenvalue weighted by molar-refractivity contribution is 5.91. The quantitative estimate of drug-likeness (QED) is 0.851. The molecule has 3 nitrogen and oxygen atoms in total. The topological polar surface area (TPSA) is 33.0 Å². The number of amides is 1. The SMILES string of the molecule is Cc1cc[n+](CCC(=O)Nc2cc(C)ccc2C)cc1. The molecule has 0 radical (unpaired) electrons. The second kappa shape index (κ2) is 6.33. The Labute approximate surface area is 120 Å². The number of nitrogens with one attached hydrogen (secondary N) is 1. The molecule has 3 heteroatoms. The molecule has 0 aliphatic heterocycles. The highest BCUT2D eigenvalue weighted by atomic mass is 16.1. The summed E-state index contributed by atoms with van der Waals surface area (Å²) >= 11 is 0. The fraction of sp³-hybridized carbons (Fsp3) is 0.294. The van der Waals surface area contributed by atoms with Gasteiger partial charge in [0.25, 0.3) is 0 Å². The zero-order valence-electron chi connectivity index (χ0n) is 12.3. The molecule has 1 N–H and O–H groups in total. The molecule has 1 amide bonds. The molecule has 0 fully saturated rings. The summed E-state index contributed by atoms with van der Waals surface area (Å²) in [6, 6.07) is 10.2. The van der Waals surface area contributed by atoms with Gasteiger partial charge >= 0.3 is 0 Å². The largest absolute Gasteiger partial charge is 0.326 e. The number of carbonyl (C=O) groups is 1. The van der Waals surface area contributed by atoms with Crippen LogP contribution in [0.4, 0.5) is 5.69 Å². The van der Waals surface area contributed by atoms with Crippen LogP contribution in [0, 0.1) is 20.8 Å². The predicted octanol–water partition coefficient (Wildman–Crippen LogP) is 2.93. The van der Waals surface area contributed by atoms with Gasteiger partial charge in [-0.3, -0.25) is 4.79 Å². The van der Waals surface area contributed by atoms with Crippen molar-refractivity contribution in [2.75, 3.05) is 5.32 Å². The molecule has 0 aliphatic carbocycles. The number of rotatable bonds is 4. The number of aromatic nitrogens is 1. The Morgan fingerprint density at radius 2 is 1.75 bits per heavy atom. The van der Waals surface area contributed by atoms with Crippen LogP contribution < -0.4 is 9.88 Å². The Morgan fingerprint density at radius 1 is 1.05 bits per heavy atom. The van der Waals surface area contributed by atoms with Crippen LogP contribution in [0.25, 0.3) is 0 Å². The van der Waals surface area contributed by atoms with E-state index >= 15 is 0 Å². The monoisotopic (exact) mass is 269 g/mol. The van der Waals surface area contributed by atoms with Crippen LogP contribution in [0.5, 0.6) is 0 Å². The summed E-state index contributed by atoms with van der Waals surface area (Å²) in [5, 5.41) is 2.98. The Bertz CT molecular complexity index is 603. The van der Waals surface area contributed by atoms with Gasteiger partial charge in [-0.15, -0.1) is 0 Å². The zero-order chi connectivity index (χ0) is 14.5. The minimum absolute atomic E-state index is 0.0479. The van der Waals surface area contributed by atoms with Crippen molar-refractivity contribution in [3.63, 3.8) is 0 Å². The van der Waals surface area contributed by atoms with Crippen molar-refractivity contribution in [3.8, 4) is 0 Å². The number of aryl methyl sites for hydroxylation is 4. The molecule has 2 rings (SSSR count). The fourth-order valence-corrected chi connectivity index (χ4v) is 1.99. The van der Waals surface area contributed by atoms with E-state index in [1.807, 2.05) is 61.1 Å². The first kappa shape index (κ1) is 14.3. The van der Waals surface area contributed by atoms with E-state index in [0.717, 1.165) is 16.8 Å². The molecule has 104 valence electrons. The molecular weight excluding hydrogens is 248 g/mol. The average molecular weight is 269 g/mol. The van der Waals surface area contributed by atoms with Gasteiger partial charge in [0.2, 0.25) is 5.91 Å². The first-order chi connectivity index (χ1) is 9.54. The Balaban J connectivity index is 1.92. The lowest BCUT2D eigenvalue weighted by atomic mass is 10.1. The van der Waals surface area contributed by atoms with Crippen LogP contribution in [-0.2, 0) is 11.3 Å². The van der Waals surface area contributed by atoms with Gasteiger partial charge < -0.3 is 5.32 Å². The summed E-state index contributed by atoms with van der Waals surface area (Å²) in [5.41, 5.74) is 4.37. The molecule has 20 heavy (non-hydrogen) atoms. The van der Waals surface area contributed by atoms with E-state index in [9.17, 15) is 4.79 Å².